The normalized spacial score (nSPS) is 28.1. The summed E-state index contributed by atoms with van der Waals surface area (Å²) in [6.45, 7) is 18.4. The second-order valence-corrected chi connectivity index (χ2v) is 22.7. The van der Waals surface area contributed by atoms with E-state index in [0.717, 1.165) is 19.3 Å². The van der Waals surface area contributed by atoms with Gasteiger partial charge in [0, 0.05) is 12.5 Å². The molecule has 3 unspecified atom stereocenters. The molecule has 1 saturated heterocycles. The van der Waals surface area contributed by atoms with Crippen LogP contribution in [0.25, 0.3) is 0 Å². The van der Waals surface area contributed by atoms with Gasteiger partial charge in [0.05, 0.1) is 20.9 Å². The summed E-state index contributed by atoms with van der Waals surface area (Å²) < 4.78 is 53.9. The van der Waals surface area contributed by atoms with Crippen molar-refractivity contribution in [2.45, 2.75) is 127 Å². The van der Waals surface area contributed by atoms with Crippen molar-refractivity contribution in [3.8, 4) is 0 Å². The molecule has 13 nitrogen and oxygen atoms in total. The number of sulfonamides is 1. The number of benzene rings is 1. The minimum absolute atomic E-state index is 0.0117. The van der Waals surface area contributed by atoms with Crippen molar-refractivity contribution in [3.05, 3.63) is 43.0 Å². The van der Waals surface area contributed by atoms with Crippen LogP contribution in [0.1, 0.15) is 93.9 Å². The second kappa shape index (κ2) is 13.7. The largest absolute Gasteiger partial charge is 0.339 e. The highest BCUT2D eigenvalue weighted by atomic mass is 32.2. The SMILES string of the molecule is C=CC1C[C@]1(NC(=O)C1[C@@H]2C(CN1C(=O)[C@@H](NC(=O)NC1(CS(=O)(=O)C(C)(C)C)CCCCC1)C(C)(C)C)C2(C)C)C(=O)NS(=O)(=O)c1ccccc1. The number of sulfone groups is 1. The monoisotopic (exact) mass is 775 g/mol. The van der Waals surface area contributed by atoms with Crippen molar-refractivity contribution in [2.24, 2.45) is 28.6 Å². The van der Waals surface area contributed by atoms with Gasteiger partial charge in [-0.25, -0.2) is 26.4 Å². The van der Waals surface area contributed by atoms with Crippen LogP contribution in [0.5, 0.6) is 0 Å². The highest BCUT2D eigenvalue weighted by molar-refractivity contribution is 7.92. The molecular weight excluding hydrogens is 719 g/mol. The Hall–Kier alpha value is -3.46. The maximum Gasteiger partial charge on any atom is 0.315 e. The van der Waals surface area contributed by atoms with Crippen LogP contribution in [0.15, 0.2) is 47.9 Å². The van der Waals surface area contributed by atoms with Crippen molar-refractivity contribution in [1.82, 2.24) is 25.6 Å². The van der Waals surface area contributed by atoms with Crippen LogP contribution in [0, 0.1) is 28.6 Å². The molecule has 1 aromatic carbocycles. The van der Waals surface area contributed by atoms with Crippen LogP contribution in [0.2, 0.25) is 0 Å². The summed E-state index contributed by atoms with van der Waals surface area (Å²) in [5.41, 5.74) is -3.65. The number of piperidine rings is 1. The zero-order chi connectivity index (χ0) is 39.6. The summed E-state index contributed by atoms with van der Waals surface area (Å²) in [6, 6.07) is 4.71. The average Bonchev–Trinajstić information content (AvgIpc) is 3.81. The van der Waals surface area contributed by atoms with Crippen molar-refractivity contribution >= 4 is 43.6 Å². The van der Waals surface area contributed by atoms with Gasteiger partial charge < -0.3 is 20.9 Å². The first-order valence-electron chi connectivity index (χ1n) is 18.5. The Kier molecular flexibility index (Phi) is 10.5. The molecule has 5 amide bonds. The molecule has 0 spiro atoms. The Morgan fingerprint density at radius 2 is 1.55 bits per heavy atom. The van der Waals surface area contributed by atoms with E-state index >= 15 is 0 Å². The summed E-state index contributed by atoms with van der Waals surface area (Å²) in [5, 5.41) is 8.69. The maximum absolute atomic E-state index is 14.6. The lowest BCUT2D eigenvalue weighted by Gasteiger charge is -2.41. The zero-order valence-electron chi connectivity index (χ0n) is 32.2. The molecule has 4 aliphatic rings. The number of carbonyl (C=O) groups is 4. The highest BCUT2D eigenvalue weighted by Gasteiger charge is 2.71. The molecule has 53 heavy (non-hydrogen) atoms. The van der Waals surface area contributed by atoms with Gasteiger partial charge in [-0.15, -0.1) is 6.58 Å². The third-order valence-corrected chi connectivity index (χ3v) is 16.2. The van der Waals surface area contributed by atoms with E-state index in [1.807, 2.05) is 13.8 Å². The number of hydrogen-bond donors (Lipinski definition) is 4. The molecule has 4 fully saturated rings. The Morgan fingerprint density at radius 1 is 0.943 bits per heavy atom. The smallest absolute Gasteiger partial charge is 0.315 e. The van der Waals surface area contributed by atoms with Crippen molar-refractivity contribution < 1.29 is 36.0 Å². The van der Waals surface area contributed by atoms with Gasteiger partial charge in [-0.3, -0.25) is 14.4 Å². The number of nitrogens with zero attached hydrogens (tertiary/aromatic N) is 1. The maximum atomic E-state index is 14.6. The first-order chi connectivity index (χ1) is 24.3. The van der Waals surface area contributed by atoms with Crippen molar-refractivity contribution in [1.29, 1.82) is 0 Å². The first-order valence-corrected chi connectivity index (χ1v) is 21.6. The number of carbonyl (C=O) groups excluding carboxylic acids is 4. The van der Waals surface area contributed by atoms with Crippen LogP contribution >= 0.6 is 0 Å². The van der Waals surface area contributed by atoms with E-state index in [1.54, 1.807) is 47.6 Å². The molecule has 0 bridgehead atoms. The number of rotatable bonds is 11. The van der Waals surface area contributed by atoms with Gasteiger partial charge in [-0.1, -0.05) is 78.2 Å². The Labute approximate surface area is 314 Å². The van der Waals surface area contributed by atoms with Gasteiger partial charge in [-0.2, -0.15) is 0 Å². The van der Waals surface area contributed by atoms with E-state index in [1.165, 1.54) is 35.2 Å². The third kappa shape index (κ3) is 7.88. The Balaban J connectivity index is 1.37. The van der Waals surface area contributed by atoms with Crippen LogP contribution in [-0.4, -0.2) is 85.7 Å². The number of fused-ring (bicyclic) bond motifs is 1. The first kappa shape index (κ1) is 40.7. The van der Waals surface area contributed by atoms with E-state index in [0.29, 0.717) is 12.8 Å². The van der Waals surface area contributed by atoms with Gasteiger partial charge in [-0.05, 0) is 74.8 Å². The molecule has 294 valence electrons. The predicted molar refractivity (Wildman–Crippen MR) is 201 cm³/mol. The molecule has 1 aliphatic heterocycles. The van der Waals surface area contributed by atoms with Crippen LogP contribution in [0.3, 0.4) is 0 Å². The molecule has 1 aromatic rings. The van der Waals surface area contributed by atoms with Crippen molar-refractivity contribution in [2.75, 3.05) is 12.3 Å². The molecule has 3 saturated carbocycles. The van der Waals surface area contributed by atoms with E-state index in [2.05, 4.69) is 27.3 Å². The lowest BCUT2D eigenvalue weighted by molar-refractivity contribution is -0.144. The number of nitrogens with one attached hydrogen (secondary N) is 4. The minimum atomic E-state index is -4.24. The second-order valence-electron chi connectivity index (χ2n) is 18.3. The minimum Gasteiger partial charge on any atom is -0.339 e. The molecule has 15 heteroatoms. The predicted octanol–water partition coefficient (Wildman–Crippen LogP) is 3.67. The van der Waals surface area contributed by atoms with Gasteiger partial charge >= 0.3 is 6.03 Å². The van der Waals surface area contributed by atoms with Gasteiger partial charge in [0.15, 0.2) is 9.84 Å². The number of likely N-dealkylation sites (tertiary alicyclic amines) is 1. The molecule has 6 atom stereocenters. The van der Waals surface area contributed by atoms with Crippen LogP contribution in [-0.2, 0) is 34.2 Å². The average molecular weight is 776 g/mol. The quantitative estimate of drug-likeness (QED) is 0.245. The van der Waals surface area contributed by atoms with Crippen LogP contribution < -0.4 is 20.7 Å². The molecule has 0 radical (unpaired) electrons. The lowest BCUT2D eigenvalue weighted by atomic mass is 9.83. The number of urea groups is 1. The summed E-state index contributed by atoms with van der Waals surface area (Å²) in [5.74, 6) is -2.95. The fraction of sp³-hybridized carbons (Fsp3) is 0.684. The number of amides is 5. The Morgan fingerprint density at radius 3 is 2.08 bits per heavy atom. The van der Waals surface area contributed by atoms with Gasteiger partial charge in [0.25, 0.3) is 15.9 Å². The number of hydrogen-bond acceptors (Lipinski definition) is 8. The molecule has 5 rings (SSSR count). The topological polar surface area (TPSA) is 188 Å². The van der Waals surface area contributed by atoms with E-state index in [4.69, 9.17) is 0 Å². The molecule has 4 N–H and O–H groups in total. The van der Waals surface area contributed by atoms with Gasteiger partial charge in [0.1, 0.15) is 17.6 Å². The lowest BCUT2D eigenvalue weighted by Crippen LogP contribution is -2.64. The fourth-order valence-electron chi connectivity index (χ4n) is 8.35. The van der Waals surface area contributed by atoms with E-state index in [9.17, 15) is 36.0 Å². The molecular formula is C38H57N5O8S2. The fourth-order valence-corrected chi connectivity index (χ4v) is 10.9. The Bertz CT molecular complexity index is 1860. The van der Waals surface area contributed by atoms with Crippen LogP contribution in [0.4, 0.5) is 4.79 Å². The van der Waals surface area contributed by atoms with E-state index in [-0.39, 0.29) is 40.9 Å². The molecule has 0 aromatic heterocycles. The summed E-state index contributed by atoms with van der Waals surface area (Å²) in [4.78, 5) is 57.7. The summed E-state index contributed by atoms with van der Waals surface area (Å²) in [6.07, 6.45) is 5.06. The van der Waals surface area contributed by atoms with Gasteiger partial charge in [0.2, 0.25) is 11.8 Å². The van der Waals surface area contributed by atoms with Crippen molar-refractivity contribution in [3.63, 3.8) is 0 Å². The van der Waals surface area contributed by atoms with E-state index < -0.39 is 82.9 Å². The third-order valence-electron chi connectivity index (χ3n) is 12.1. The highest BCUT2D eigenvalue weighted by Crippen LogP contribution is 2.65. The summed E-state index contributed by atoms with van der Waals surface area (Å²) in [7, 11) is -7.83. The zero-order valence-corrected chi connectivity index (χ0v) is 33.9. The standard InChI is InChI=1S/C38H57N5O8S2/c1-10-24-21-38(24,32(46)42-53(50,51)25-17-13-11-14-18-25)40-30(44)28-27-26(36(27,8)9)22-43(28)31(45)29(34(2,3)4)39-33(47)41-37(19-15-12-16-20-37)23-52(48,49)35(5,6)7/h10-11,13-14,17-18,24,26-29H,1,12,15-16,19-23H2,2-9H3,(H,40,44)(H,42,46)(H2,39,41,47)/t24?,26?,27-,28?,29+,38+/m0/s1. The molecule has 3 aliphatic carbocycles. The summed E-state index contributed by atoms with van der Waals surface area (Å²) >= 11 is 0. The molecule has 1 heterocycles.